The van der Waals surface area contributed by atoms with E-state index in [0.29, 0.717) is 23.6 Å². The Hall–Kier alpha value is -2.75. The second-order valence-corrected chi connectivity index (χ2v) is 5.24. The summed E-state index contributed by atoms with van der Waals surface area (Å²) in [4.78, 5) is 12.4. The van der Waals surface area contributed by atoms with E-state index in [0.717, 1.165) is 5.75 Å². The van der Waals surface area contributed by atoms with Crippen molar-refractivity contribution in [2.45, 2.75) is 20.0 Å². The molecule has 0 aliphatic carbocycles. The summed E-state index contributed by atoms with van der Waals surface area (Å²) in [7, 11) is 0. The molecule has 4 nitrogen and oxygen atoms in total. The number of carbonyl (C=O) groups excluding carboxylic acids is 1. The van der Waals surface area contributed by atoms with Gasteiger partial charge in [-0.15, -0.1) is 0 Å². The fourth-order valence-electron chi connectivity index (χ4n) is 2.00. The van der Waals surface area contributed by atoms with Crippen LogP contribution in [-0.4, -0.2) is 18.6 Å². The lowest BCUT2D eigenvalue weighted by Gasteiger charge is -2.14. The highest BCUT2D eigenvalue weighted by molar-refractivity contribution is 6.06. The molecular formula is C19H21NO3. The third kappa shape index (κ3) is 4.88. The Balaban J connectivity index is 2.08. The highest BCUT2D eigenvalue weighted by Crippen LogP contribution is 2.22. The number of anilines is 1. The minimum Gasteiger partial charge on any atom is -0.490 e. The van der Waals surface area contributed by atoms with Crippen molar-refractivity contribution in [3.8, 4) is 11.5 Å². The van der Waals surface area contributed by atoms with Crippen molar-refractivity contribution in [2.24, 2.45) is 0 Å². The van der Waals surface area contributed by atoms with Crippen molar-refractivity contribution in [1.82, 2.24) is 0 Å². The standard InChI is InChI=1S/C19H21NO3/c1-4-13-22-16-11-9-15(10-12-16)20-19(21)17-7-5-6-8-18(17)23-14(2)3/h4-12,14H,1,13H2,2-3H3,(H,20,21). The van der Waals surface area contributed by atoms with Gasteiger partial charge in [0.15, 0.2) is 0 Å². The summed E-state index contributed by atoms with van der Waals surface area (Å²) in [6.07, 6.45) is 1.69. The van der Waals surface area contributed by atoms with Gasteiger partial charge in [0.25, 0.3) is 5.91 Å². The van der Waals surface area contributed by atoms with Crippen LogP contribution in [0.15, 0.2) is 61.2 Å². The second-order valence-electron chi connectivity index (χ2n) is 5.24. The predicted octanol–water partition coefficient (Wildman–Crippen LogP) is 4.29. The number of nitrogens with one attached hydrogen (secondary N) is 1. The summed E-state index contributed by atoms with van der Waals surface area (Å²) in [6, 6.07) is 14.4. The van der Waals surface area contributed by atoms with E-state index in [2.05, 4.69) is 11.9 Å². The van der Waals surface area contributed by atoms with E-state index < -0.39 is 0 Å². The molecule has 120 valence electrons. The molecule has 0 heterocycles. The van der Waals surface area contributed by atoms with E-state index in [9.17, 15) is 4.79 Å². The maximum absolute atomic E-state index is 12.4. The Morgan fingerprint density at radius 3 is 2.52 bits per heavy atom. The number of hydrogen-bond acceptors (Lipinski definition) is 3. The Labute approximate surface area is 136 Å². The molecule has 0 aromatic heterocycles. The summed E-state index contributed by atoms with van der Waals surface area (Å²) in [5, 5.41) is 2.86. The largest absolute Gasteiger partial charge is 0.490 e. The van der Waals surface area contributed by atoms with Crippen molar-refractivity contribution in [3.05, 3.63) is 66.7 Å². The van der Waals surface area contributed by atoms with Crippen LogP contribution >= 0.6 is 0 Å². The topological polar surface area (TPSA) is 47.6 Å². The lowest BCUT2D eigenvalue weighted by atomic mass is 10.1. The van der Waals surface area contributed by atoms with Crippen LogP contribution in [0.25, 0.3) is 0 Å². The highest BCUT2D eigenvalue weighted by Gasteiger charge is 2.13. The fraction of sp³-hybridized carbons (Fsp3) is 0.211. The fourth-order valence-corrected chi connectivity index (χ4v) is 2.00. The molecule has 4 heteroatoms. The zero-order chi connectivity index (χ0) is 16.7. The molecule has 0 unspecified atom stereocenters. The molecule has 0 aliphatic rings. The first-order valence-corrected chi connectivity index (χ1v) is 7.51. The summed E-state index contributed by atoms with van der Waals surface area (Å²) in [5.41, 5.74) is 1.20. The highest BCUT2D eigenvalue weighted by atomic mass is 16.5. The molecule has 0 fully saturated rings. The van der Waals surface area contributed by atoms with Crippen molar-refractivity contribution < 1.29 is 14.3 Å². The van der Waals surface area contributed by atoms with Gasteiger partial charge in [-0.2, -0.15) is 0 Å². The molecule has 2 aromatic carbocycles. The van der Waals surface area contributed by atoms with Crippen LogP contribution in [0.4, 0.5) is 5.69 Å². The number of rotatable bonds is 7. The van der Waals surface area contributed by atoms with E-state index in [1.807, 2.05) is 26.0 Å². The number of benzene rings is 2. The molecule has 1 amide bonds. The zero-order valence-corrected chi connectivity index (χ0v) is 13.4. The summed E-state index contributed by atoms with van der Waals surface area (Å²) < 4.78 is 11.1. The van der Waals surface area contributed by atoms with Gasteiger partial charge in [-0.1, -0.05) is 24.8 Å². The van der Waals surface area contributed by atoms with Crippen LogP contribution in [0.1, 0.15) is 24.2 Å². The van der Waals surface area contributed by atoms with Crippen LogP contribution in [-0.2, 0) is 0 Å². The van der Waals surface area contributed by atoms with Gasteiger partial charge >= 0.3 is 0 Å². The molecular weight excluding hydrogens is 290 g/mol. The third-order valence-electron chi connectivity index (χ3n) is 2.97. The minimum atomic E-state index is -0.207. The molecule has 0 atom stereocenters. The smallest absolute Gasteiger partial charge is 0.259 e. The maximum atomic E-state index is 12.4. The molecule has 0 bridgehead atoms. The Morgan fingerprint density at radius 1 is 1.17 bits per heavy atom. The molecule has 0 aliphatic heterocycles. The SMILES string of the molecule is C=CCOc1ccc(NC(=O)c2ccccc2OC(C)C)cc1. The molecule has 0 radical (unpaired) electrons. The van der Waals surface area contributed by atoms with Gasteiger partial charge in [-0.25, -0.2) is 0 Å². The van der Waals surface area contributed by atoms with Gasteiger partial charge in [0.2, 0.25) is 0 Å². The van der Waals surface area contributed by atoms with Crippen LogP contribution in [0.5, 0.6) is 11.5 Å². The van der Waals surface area contributed by atoms with Gasteiger partial charge in [-0.3, -0.25) is 4.79 Å². The average Bonchev–Trinajstić information content (AvgIpc) is 2.54. The number of ether oxygens (including phenoxy) is 2. The Morgan fingerprint density at radius 2 is 1.87 bits per heavy atom. The number of carbonyl (C=O) groups is 1. The summed E-state index contributed by atoms with van der Waals surface area (Å²) in [5.74, 6) is 1.10. The van der Waals surface area contributed by atoms with Crippen LogP contribution < -0.4 is 14.8 Å². The molecule has 0 saturated heterocycles. The molecule has 23 heavy (non-hydrogen) atoms. The van der Waals surface area contributed by atoms with Crippen LogP contribution in [0.2, 0.25) is 0 Å². The monoisotopic (exact) mass is 311 g/mol. The Bertz CT molecular complexity index is 663. The van der Waals surface area contributed by atoms with Gasteiger partial charge in [0, 0.05) is 5.69 Å². The first kappa shape index (κ1) is 16.6. The quantitative estimate of drug-likeness (QED) is 0.776. The van der Waals surface area contributed by atoms with Crippen LogP contribution in [0.3, 0.4) is 0 Å². The first-order chi connectivity index (χ1) is 11.1. The third-order valence-corrected chi connectivity index (χ3v) is 2.97. The predicted molar refractivity (Wildman–Crippen MR) is 92.3 cm³/mol. The normalized spacial score (nSPS) is 10.2. The van der Waals surface area contributed by atoms with E-state index in [1.54, 1.807) is 42.5 Å². The van der Waals surface area contributed by atoms with E-state index in [1.165, 1.54) is 0 Å². The average molecular weight is 311 g/mol. The Kier molecular flexibility index (Phi) is 5.80. The lowest BCUT2D eigenvalue weighted by Crippen LogP contribution is -2.15. The van der Waals surface area contributed by atoms with Gasteiger partial charge in [-0.05, 0) is 50.2 Å². The van der Waals surface area contributed by atoms with E-state index >= 15 is 0 Å². The van der Waals surface area contributed by atoms with Gasteiger partial charge < -0.3 is 14.8 Å². The van der Waals surface area contributed by atoms with Crippen molar-refractivity contribution in [2.75, 3.05) is 11.9 Å². The second kappa shape index (κ2) is 8.03. The molecule has 2 aromatic rings. The van der Waals surface area contributed by atoms with Crippen LogP contribution in [0, 0.1) is 0 Å². The lowest BCUT2D eigenvalue weighted by molar-refractivity contribution is 0.102. The number of para-hydroxylation sites is 1. The number of amides is 1. The summed E-state index contributed by atoms with van der Waals surface area (Å²) in [6.45, 7) is 7.91. The minimum absolute atomic E-state index is 0.00485. The van der Waals surface area contributed by atoms with E-state index in [-0.39, 0.29) is 12.0 Å². The molecule has 1 N–H and O–H groups in total. The first-order valence-electron chi connectivity index (χ1n) is 7.51. The molecule has 2 rings (SSSR count). The molecule has 0 saturated carbocycles. The number of hydrogen-bond donors (Lipinski definition) is 1. The van der Waals surface area contributed by atoms with Gasteiger partial charge in [0.1, 0.15) is 18.1 Å². The maximum Gasteiger partial charge on any atom is 0.259 e. The van der Waals surface area contributed by atoms with Gasteiger partial charge in [0.05, 0.1) is 11.7 Å². The van der Waals surface area contributed by atoms with Crippen molar-refractivity contribution in [1.29, 1.82) is 0 Å². The zero-order valence-electron chi connectivity index (χ0n) is 13.4. The summed E-state index contributed by atoms with van der Waals surface area (Å²) >= 11 is 0. The van der Waals surface area contributed by atoms with E-state index in [4.69, 9.17) is 9.47 Å². The van der Waals surface area contributed by atoms with Crippen molar-refractivity contribution >= 4 is 11.6 Å². The molecule has 0 spiro atoms. The van der Waals surface area contributed by atoms with Crippen molar-refractivity contribution in [3.63, 3.8) is 0 Å².